The van der Waals surface area contributed by atoms with E-state index in [1.165, 1.54) is 57.3 Å². The number of rotatable bonds is 11. The van der Waals surface area contributed by atoms with Crippen molar-refractivity contribution >= 4 is 5.84 Å². The maximum absolute atomic E-state index is 4.39. The molecular weight excluding hydrogens is 210 g/mol. The zero-order valence-corrected chi connectivity index (χ0v) is 11.4. The summed E-state index contributed by atoms with van der Waals surface area (Å²) in [5, 5.41) is 6.83. The van der Waals surface area contributed by atoms with Gasteiger partial charge in [-0.15, -0.1) is 0 Å². The fourth-order valence-electron chi connectivity index (χ4n) is 2.15. The minimum absolute atomic E-state index is 0.973. The van der Waals surface area contributed by atoms with Crippen LogP contribution in [0, 0.1) is 0 Å². The van der Waals surface area contributed by atoms with Crippen LogP contribution >= 0.6 is 0 Å². The van der Waals surface area contributed by atoms with Crippen molar-refractivity contribution in [1.29, 1.82) is 0 Å². The molecule has 0 aliphatic carbocycles. The third-order valence-corrected chi connectivity index (χ3v) is 3.22. The highest BCUT2D eigenvalue weighted by Gasteiger charge is 2.03. The second-order valence-corrected chi connectivity index (χ2v) is 4.88. The van der Waals surface area contributed by atoms with Gasteiger partial charge in [0.05, 0.1) is 12.4 Å². The molecule has 0 radical (unpaired) electrons. The minimum Gasteiger partial charge on any atom is -0.372 e. The minimum atomic E-state index is 0.973. The summed E-state index contributed by atoms with van der Waals surface area (Å²) in [6.07, 6.45) is 10.6. The zero-order valence-electron chi connectivity index (χ0n) is 11.4. The Morgan fingerprint density at radius 3 is 2.59 bits per heavy atom. The van der Waals surface area contributed by atoms with E-state index in [1.54, 1.807) is 0 Å². The average Bonchev–Trinajstić information content (AvgIpc) is 2.85. The fraction of sp³-hybridized carbons (Fsp3) is 0.929. The first-order valence-corrected chi connectivity index (χ1v) is 7.41. The molecule has 0 unspecified atom stereocenters. The smallest absolute Gasteiger partial charge is 0.0964 e. The SMILES string of the molecule is CCCCCCCCNCCCC1=NCCN1. The van der Waals surface area contributed by atoms with Crippen molar-refractivity contribution in [3.05, 3.63) is 0 Å². The van der Waals surface area contributed by atoms with Crippen LogP contribution in [0.25, 0.3) is 0 Å². The van der Waals surface area contributed by atoms with E-state index < -0.39 is 0 Å². The summed E-state index contributed by atoms with van der Waals surface area (Å²) < 4.78 is 0. The summed E-state index contributed by atoms with van der Waals surface area (Å²) in [6, 6.07) is 0. The first kappa shape index (κ1) is 14.5. The van der Waals surface area contributed by atoms with Crippen LogP contribution in [-0.4, -0.2) is 32.0 Å². The molecule has 1 aliphatic rings. The van der Waals surface area contributed by atoms with E-state index in [0.29, 0.717) is 0 Å². The van der Waals surface area contributed by atoms with Crippen LogP contribution in [0.4, 0.5) is 0 Å². The molecule has 1 rings (SSSR count). The monoisotopic (exact) mass is 239 g/mol. The van der Waals surface area contributed by atoms with Crippen molar-refractivity contribution in [3.63, 3.8) is 0 Å². The number of hydrogen-bond donors (Lipinski definition) is 2. The Labute approximate surface area is 106 Å². The molecule has 1 heterocycles. The predicted octanol–water partition coefficient (Wildman–Crippen LogP) is 2.72. The predicted molar refractivity (Wildman–Crippen MR) is 75.8 cm³/mol. The van der Waals surface area contributed by atoms with Gasteiger partial charge >= 0.3 is 0 Å². The Bertz CT molecular complexity index is 202. The second kappa shape index (κ2) is 10.6. The lowest BCUT2D eigenvalue weighted by molar-refractivity contribution is 0.567. The van der Waals surface area contributed by atoms with E-state index in [2.05, 4.69) is 22.5 Å². The number of unbranched alkanes of at least 4 members (excludes halogenated alkanes) is 5. The molecule has 1 aliphatic heterocycles. The Morgan fingerprint density at radius 2 is 1.82 bits per heavy atom. The maximum Gasteiger partial charge on any atom is 0.0964 e. The van der Waals surface area contributed by atoms with Crippen molar-refractivity contribution < 1.29 is 0 Å². The molecule has 0 bridgehead atoms. The van der Waals surface area contributed by atoms with Crippen molar-refractivity contribution in [2.24, 2.45) is 4.99 Å². The van der Waals surface area contributed by atoms with E-state index in [4.69, 9.17) is 0 Å². The van der Waals surface area contributed by atoms with E-state index in [1.807, 2.05) is 0 Å². The molecule has 3 heteroatoms. The van der Waals surface area contributed by atoms with E-state index in [-0.39, 0.29) is 0 Å². The molecule has 0 fully saturated rings. The molecule has 17 heavy (non-hydrogen) atoms. The van der Waals surface area contributed by atoms with Crippen LogP contribution in [0.1, 0.15) is 58.3 Å². The Morgan fingerprint density at radius 1 is 1.06 bits per heavy atom. The van der Waals surface area contributed by atoms with Crippen LogP contribution in [0.15, 0.2) is 4.99 Å². The number of amidine groups is 1. The van der Waals surface area contributed by atoms with E-state index >= 15 is 0 Å². The Balaban J connectivity index is 1.72. The lowest BCUT2D eigenvalue weighted by atomic mass is 10.1. The van der Waals surface area contributed by atoms with Crippen molar-refractivity contribution in [2.75, 3.05) is 26.2 Å². The van der Waals surface area contributed by atoms with Crippen LogP contribution in [0.5, 0.6) is 0 Å². The van der Waals surface area contributed by atoms with Gasteiger partial charge < -0.3 is 10.6 Å². The third kappa shape index (κ3) is 8.19. The molecule has 0 aromatic heterocycles. The fourth-order valence-corrected chi connectivity index (χ4v) is 2.15. The first-order chi connectivity index (χ1) is 8.43. The molecular formula is C14H29N3. The van der Waals surface area contributed by atoms with Gasteiger partial charge in [-0.05, 0) is 25.9 Å². The summed E-state index contributed by atoms with van der Waals surface area (Å²) in [5.74, 6) is 1.21. The highest BCUT2D eigenvalue weighted by molar-refractivity contribution is 5.83. The molecule has 2 N–H and O–H groups in total. The number of hydrogen-bond acceptors (Lipinski definition) is 3. The summed E-state index contributed by atoms with van der Waals surface area (Å²) in [7, 11) is 0. The van der Waals surface area contributed by atoms with Gasteiger partial charge in [0.2, 0.25) is 0 Å². The van der Waals surface area contributed by atoms with E-state index in [9.17, 15) is 0 Å². The Kier molecular flexibility index (Phi) is 9.01. The zero-order chi connectivity index (χ0) is 12.2. The van der Waals surface area contributed by atoms with Gasteiger partial charge in [0, 0.05) is 13.0 Å². The molecule has 0 saturated heterocycles. The van der Waals surface area contributed by atoms with Gasteiger partial charge in [0.15, 0.2) is 0 Å². The van der Waals surface area contributed by atoms with Crippen LogP contribution in [0.3, 0.4) is 0 Å². The van der Waals surface area contributed by atoms with Crippen molar-refractivity contribution in [1.82, 2.24) is 10.6 Å². The molecule has 0 atom stereocenters. The van der Waals surface area contributed by atoms with Gasteiger partial charge in [-0.3, -0.25) is 4.99 Å². The number of nitrogens with zero attached hydrogens (tertiary/aromatic N) is 1. The van der Waals surface area contributed by atoms with Crippen molar-refractivity contribution in [2.45, 2.75) is 58.3 Å². The standard InChI is InChI=1S/C14H29N3/c1-2-3-4-5-6-7-10-15-11-8-9-14-16-12-13-17-14/h15H,2-13H2,1H3,(H,16,17). The second-order valence-electron chi connectivity index (χ2n) is 4.88. The van der Waals surface area contributed by atoms with Gasteiger partial charge in [-0.25, -0.2) is 0 Å². The molecule has 0 aromatic carbocycles. The molecule has 100 valence electrons. The Hall–Kier alpha value is -0.570. The largest absolute Gasteiger partial charge is 0.372 e. The summed E-state index contributed by atoms with van der Waals surface area (Å²) in [4.78, 5) is 4.39. The molecule has 3 nitrogen and oxygen atoms in total. The molecule has 0 saturated carbocycles. The quantitative estimate of drug-likeness (QED) is 0.544. The van der Waals surface area contributed by atoms with E-state index in [0.717, 1.165) is 26.1 Å². The lowest BCUT2D eigenvalue weighted by Crippen LogP contribution is -2.21. The highest BCUT2D eigenvalue weighted by Crippen LogP contribution is 2.04. The molecule has 0 amide bonds. The average molecular weight is 239 g/mol. The van der Waals surface area contributed by atoms with Gasteiger partial charge in [-0.1, -0.05) is 39.0 Å². The van der Waals surface area contributed by atoms with Crippen molar-refractivity contribution in [3.8, 4) is 0 Å². The summed E-state index contributed by atoms with van der Waals surface area (Å²) in [6.45, 7) is 6.60. The molecule has 0 aromatic rings. The first-order valence-electron chi connectivity index (χ1n) is 7.41. The topological polar surface area (TPSA) is 36.4 Å². The number of nitrogens with one attached hydrogen (secondary N) is 2. The number of aliphatic imine (C=N–C) groups is 1. The van der Waals surface area contributed by atoms with Crippen LogP contribution < -0.4 is 10.6 Å². The summed E-state index contributed by atoms with van der Waals surface area (Å²) in [5.41, 5.74) is 0. The summed E-state index contributed by atoms with van der Waals surface area (Å²) >= 11 is 0. The highest BCUT2D eigenvalue weighted by atomic mass is 15.1. The van der Waals surface area contributed by atoms with Gasteiger partial charge in [0.1, 0.15) is 0 Å². The van der Waals surface area contributed by atoms with Crippen LogP contribution in [0.2, 0.25) is 0 Å². The third-order valence-electron chi connectivity index (χ3n) is 3.22. The van der Waals surface area contributed by atoms with Gasteiger partial charge in [-0.2, -0.15) is 0 Å². The maximum atomic E-state index is 4.39. The lowest BCUT2D eigenvalue weighted by Gasteiger charge is -2.05. The molecule has 0 spiro atoms. The normalized spacial score (nSPS) is 14.8. The van der Waals surface area contributed by atoms with Crippen LogP contribution in [-0.2, 0) is 0 Å². The van der Waals surface area contributed by atoms with Gasteiger partial charge in [0.25, 0.3) is 0 Å².